The van der Waals surface area contributed by atoms with Gasteiger partial charge in [-0.15, -0.1) is 0 Å². The fourth-order valence-corrected chi connectivity index (χ4v) is 2.94. The number of hydrogen-bond acceptors (Lipinski definition) is 2. The Labute approximate surface area is 111 Å². The molecule has 0 radical (unpaired) electrons. The van der Waals surface area contributed by atoms with Crippen molar-refractivity contribution in [3.05, 3.63) is 0 Å². The first-order chi connectivity index (χ1) is 8.58. The third-order valence-electron chi connectivity index (χ3n) is 4.05. The number of hydrogen-bond donors (Lipinski definition) is 0. The van der Waals surface area contributed by atoms with Gasteiger partial charge in [-0.2, -0.15) is 13.2 Å². The van der Waals surface area contributed by atoms with Crippen molar-refractivity contribution in [1.29, 1.82) is 0 Å². The predicted octanol–water partition coefficient (Wildman–Crippen LogP) is 2.41. The summed E-state index contributed by atoms with van der Waals surface area (Å²) in [5, 5.41) is 0. The van der Waals surface area contributed by atoms with Gasteiger partial charge in [-0.3, -0.25) is 9.69 Å². The van der Waals surface area contributed by atoms with Crippen LogP contribution in [0.2, 0.25) is 0 Å². The standard InChI is InChI=1S/C13H21F3N2O/c1-12(2,3)17-7-9-6-10(8-17)18(9)11(19)4-5-13(14,15)16/h9-10H,4-8H2,1-3H3. The highest BCUT2D eigenvalue weighted by Gasteiger charge is 2.49. The van der Waals surface area contributed by atoms with Gasteiger partial charge in [-0.05, 0) is 27.2 Å². The zero-order chi connectivity index (χ0) is 14.4. The fourth-order valence-electron chi connectivity index (χ4n) is 2.94. The molecule has 0 aromatic carbocycles. The summed E-state index contributed by atoms with van der Waals surface area (Å²) in [6.07, 6.45) is -4.73. The molecule has 3 saturated heterocycles. The molecule has 6 heteroatoms. The summed E-state index contributed by atoms with van der Waals surface area (Å²) in [6.45, 7) is 7.91. The highest BCUT2D eigenvalue weighted by Crippen LogP contribution is 2.36. The number of nitrogens with zero attached hydrogens (tertiary/aromatic N) is 2. The van der Waals surface area contributed by atoms with Crippen molar-refractivity contribution in [2.24, 2.45) is 0 Å². The van der Waals surface area contributed by atoms with E-state index in [2.05, 4.69) is 25.7 Å². The first kappa shape index (κ1) is 14.6. The molecule has 3 fully saturated rings. The Bertz CT molecular complexity index is 350. The molecule has 0 aliphatic carbocycles. The lowest BCUT2D eigenvalue weighted by Crippen LogP contribution is -2.72. The van der Waals surface area contributed by atoms with E-state index in [1.807, 2.05) is 0 Å². The maximum atomic E-state index is 12.1. The third-order valence-corrected chi connectivity index (χ3v) is 4.05. The number of halogens is 3. The van der Waals surface area contributed by atoms with Gasteiger partial charge in [-0.25, -0.2) is 0 Å². The molecule has 2 unspecified atom stereocenters. The van der Waals surface area contributed by atoms with E-state index in [4.69, 9.17) is 0 Å². The zero-order valence-electron chi connectivity index (χ0n) is 11.6. The lowest BCUT2D eigenvalue weighted by atomic mass is 9.84. The highest BCUT2D eigenvalue weighted by molar-refractivity contribution is 5.78. The second-order valence-corrected chi connectivity index (χ2v) is 6.54. The molecule has 0 spiro atoms. The van der Waals surface area contributed by atoms with Crippen LogP contribution in [0.25, 0.3) is 0 Å². The maximum Gasteiger partial charge on any atom is 0.389 e. The van der Waals surface area contributed by atoms with Crippen LogP contribution in [-0.4, -0.2) is 52.6 Å². The number of carbonyl (C=O) groups is 1. The molecule has 110 valence electrons. The van der Waals surface area contributed by atoms with Crippen molar-refractivity contribution in [3.8, 4) is 0 Å². The van der Waals surface area contributed by atoms with Crippen LogP contribution in [0.5, 0.6) is 0 Å². The normalized spacial score (nSPS) is 28.2. The fraction of sp³-hybridized carbons (Fsp3) is 0.923. The molecule has 2 atom stereocenters. The van der Waals surface area contributed by atoms with Crippen LogP contribution in [-0.2, 0) is 4.79 Å². The van der Waals surface area contributed by atoms with Gasteiger partial charge in [0.05, 0.1) is 6.42 Å². The van der Waals surface area contributed by atoms with Gasteiger partial charge in [0.25, 0.3) is 0 Å². The smallest absolute Gasteiger partial charge is 0.334 e. The molecule has 3 nitrogen and oxygen atoms in total. The van der Waals surface area contributed by atoms with Gasteiger partial charge in [0, 0.05) is 37.1 Å². The van der Waals surface area contributed by atoms with Crippen LogP contribution in [0, 0.1) is 0 Å². The molecule has 0 N–H and O–H groups in total. The van der Waals surface area contributed by atoms with Crippen molar-refractivity contribution in [2.45, 2.75) is 63.8 Å². The first-order valence-corrected chi connectivity index (χ1v) is 6.71. The van der Waals surface area contributed by atoms with Gasteiger partial charge in [0.1, 0.15) is 0 Å². The van der Waals surface area contributed by atoms with Gasteiger partial charge in [0.2, 0.25) is 5.91 Å². The average Bonchev–Trinajstić information content (AvgIpc) is 2.24. The number of carbonyl (C=O) groups excluding carboxylic acids is 1. The minimum atomic E-state index is -4.24. The monoisotopic (exact) mass is 278 g/mol. The Morgan fingerprint density at radius 1 is 1.16 bits per heavy atom. The van der Waals surface area contributed by atoms with Crippen molar-refractivity contribution in [3.63, 3.8) is 0 Å². The van der Waals surface area contributed by atoms with E-state index >= 15 is 0 Å². The zero-order valence-corrected chi connectivity index (χ0v) is 11.6. The largest absolute Gasteiger partial charge is 0.389 e. The molecule has 3 aliphatic rings. The number of fused-ring (bicyclic) bond motifs is 2. The van der Waals surface area contributed by atoms with Crippen LogP contribution in [0.1, 0.15) is 40.0 Å². The van der Waals surface area contributed by atoms with Crippen LogP contribution >= 0.6 is 0 Å². The van der Waals surface area contributed by atoms with Crippen molar-refractivity contribution in [2.75, 3.05) is 13.1 Å². The summed E-state index contributed by atoms with van der Waals surface area (Å²) in [7, 11) is 0. The van der Waals surface area contributed by atoms with E-state index in [1.165, 1.54) is 0 Å². The second kappa shape index (κ2) is 4.65. The Hall–Kier alpha value is -0.780. The van der Waals surface area contributed by atoms with E-state index in [0.717, 1.165) is 19.5 Å². The molecule has 0 saturated carbocycles. The third kappa shape index (κ3) is 3.22. The van der Waals surface area contributed by atoms with E-state index in [9.17, 15) is 18.0 Å². The lowest BCUT2D eigenvalue weighted by molar-refractivity contribution is -0.166. The Morgan fingerprint density at radius 3 is 2.11 bits per heavy atom. The summed E-state index contributed by atoms with van der Waals surface area (Å²) in [5.41, 5.74) is 0.0536. The number of amides is 1. The molecule has 3 aliphatic heterocycles. The number of piperazine rings is 1. The Kier molecular flexibility index (Phi) is 3.58. The van der Waals surface area contributed by atoms with Crippen molar-refractivity contribution >= 4 is 5.91 Å². The Balaban J connectivity index is 1.88. The summed E-state index contributed by atoms with van der Waals surface area (Å²) in [5.74, 6) is -0.341. The molecular weight excluding hydrogens is 257 g/mol. The average molecular weight is 278 g/mol. The van der Waals surface area contributed by atoms with E-state index in [-0.39, 0.29) is 23.5 Å². The number of rotatable bonds is 2. The van der Waals surface area contributed by atoms with Gasteiger partial charge < -0.3 is 4.90 Å². The molecule has 3 rings (SSSR count). The maximum absolute atomic E-state index is 12.1. The molecule has 0 aromatic heterocycles. The summed E-state index contributed by atoms with van der Waals surface area (Å²) >= 11 is 0. The number of alkyl halides is 3. The summed E-state index contributed by atoms with van der Waals surface area (Å²) in [6, 6.07) is 0.220. The molecular formula is C13H21F3N2O. The Morgan fingerprint density at radius 2 is 1.68 bits per heavy atom. The molecule has 2 bridgehead atoms. The summed E-state index contributed by atoms with van der Waals surface area (Å²) < 4.78 is 36.4. The minimum Gasteiger partial charge on any atom is -0.334 e. The first-order valence-electron chi connectivity index (χ1n) is 6.71. The topological polar surface area (TPSA) is 23.6 Å². The van der Waals surface area contributed by atoms with Crippen LogP contribution in [0.4, 0.5) is 13.2 Å². The SMILES string of the molecule is CC(C)(C)N1CC2CC(C1)N2C(=O)CCC(F)(F)F. The minimum absolute atomic E-state index is 0.0536. The van der Waals surface area contributed by atoms with Crippen molar-refractivity contribution < 1.29 is 18.0 Å². The summed E-state index contributed by atoms with van der Waals surface area (Å²) in [4.78, 5) is 15.8. The predicted molar refractivity (Wildman–Crippen MR) is 65.7 cm³/mol. The quantitative estimate of drug-likeness (QED) is 0.774. The van der Waals surface area contributed by atoms with Crippen LogP contribution in [0.15, 0.2) is 0 Å². The van der Waals surface area contributed by atoms with Gasteiger partial charge in [-0.1, -0.05) is 0 Å². The van der Waals surface area contributed by atoms with Crippen molar-refractivity contribution in [1.82, 2.24) is 9.80 Å². The molecule has 1 amide bonds. The van der Waals surface area contributed by atoms with E-state index in [0.29, 0.717) is 0 Å². The molecule has 3 heterocycles. The van der Waals surface area contributed by atoms with E-state index < -0.39 is 19.0 Å². The molecule has 19 heavy (non-hydrogen) atoms. The second-order valence-electron chi connectivity index (χ2n) is 6.54. The van der Waals surface area contributed by atoms with Gasteiger partial charge in [0.15, 0.2) is 0 Å². The van der Waals surface area contributed by atoms with Crippen LogP contribution < -0.4 is 0 Å². The van der Waals surface area contributed by atoms with Gasteiger partial charge >= 0.3 is 6.18 Å². The van der Waals surface area contributed by atoms with E-state index in [1.54, 1.807) is 4.90 Å². The lowest BCUT2D eigenvalue weighted by Gasteiger charge is -2.59. The highest BCUT2D eigenvalue weighted by atomic mass is 19.4. The number of piperidine rings is 1. The van der Waals surface area contributed by atoms with Crippen LogP contribution in [0.3, 0.4) is 0 Å². The molecule has 0 aromatic rings.